The molecule has 0 nitrogen and oxygen atoms in total. The summed E-state index contributed by atoms with van der Waals surface area (Å²) in [5.74, 6) is -1.42. The van der Waals surface area contributed by atoms with Gasteiger partial charge in [0.25, 0.3) is 0 Å². The lowest BCUT2D eigenvalue weighted by Gasteiger charge is -2.10. The molecule has 0 aromatic heterocycles. The minimum Gasteiger partial charge on any atom is -0.203 e. The van der Waals surface area contributed by atoms with Gasteiger partial charge in [0, 0.05) is 5.39 Å². The average Bonchev–Trinajstić information content (AvgIpc) is 2.65. The average molecular weight is 338 g/mol. The predicted molar refractivity (Wildman–Crippen MR) is 102 cm³/mol. The lowest BCUT2D eigenvalue weighted by molar-refractivity contribution is 0.504. The molecule has 2 heteroatoms. The molecule has 0 unspecified atom stereocenters. The SMILES string of the molecule is CCCCCc1cc2ccc(-c3ccc(CC)cc3)cc2c(F)c1F. The van der Waals surface area contributed by atoms with Crippen molar-refractivity contribution in [2.45, 2.75) is 46.0 Å². The zero-order valence-corrected chi connectivity index (χ0v) is 14.9. The Morgan fingerprint density at radius 3 is 2.16 bits per heavy atom. The number of unbranched alkanes of at least 4 members (excludes halogenated alkanes) is 2. The summed E-state index contributed by atoms with van der Waals surface area (Å²) in [6.45, 7) is 4.22. The van der Waals surface area contributed by atoms with E-state index in [-0.39, 0.29) is 0 Å². The van der Waals surface area contributed by atoms with E-state index in [2.05, 4.69) is 26.0 Å². The molecule has 130 valence electrons. The summed E-state index contributed by atoms with van der Waals surface area (Å²) in [6, 6.07) is 15.7. The highest BCUT2D eigenvalue weighted by molar-refractivity contribution is 5.88. The van der Waals surface area contributed by atoms with Gasteiger partial charge in [-0.05, 0) is 59.0 Å². The van der Waals surface area contributed by atoms with Gasteiger partial charge in [-0.25, -0.2) is 8.78 Å². The molecule has 0 heterocycles. The van der Waals surface area contributed by atoms with Gasteiger partial charge in [0.05, 0.1) is 0 Å². The van der Waals surface area contributed by atoms with Crippen LogP contribution in [0.15, 0.2) is 48.5 Å². The van der Waals surface area contributed by atoms with Crippen LogP contribution >= 0.6 is 0 Å². The van der Waals surface area contributed by atoms with Crippen LogP contribution in [-0.4, -0.2) is 0 Å². The summed E-state index contributed by atoms with van der Waals surface area (Å²) < 4.78 is 29.0. The van der Waals surface area contributed by atoms with Gasteiger partial charge in [0.2, 0.25) is 0 Å². The largest absolute Gasteiger partial charge is 0.203 e. The molecule has 0 saturated heterocycles. The first kappa shape index (κ1) is 17.6. The molecule has 0 aliphatic heterocycles. The Balaban J connectivity index is 1.99. The van der Waals surface area contributed by atoms with Crippen molar-refractivity contribution in [3.05, 3.63) is 71.3 Å². The third kappa shape index (κ3) is 3.73. The number of rotatable bonds is 6. The first-order valence-electron chi connectivity index (χ1n) is 9.14. The maximum atomic E-state index is 14.6. The lowest BCUT2D eigenvalue weighted by atomic mass is 9.97. The molecule has 0 saturated carbocycles. The van der Waals surface area contributed by atoms with Crippen LogP contribution in [-0.2, 0) is 12.8 Å². The molecule has 0 radical (unpaired) electrons. The highest BCUT2D eigenvalue weighted by Crippen LogP contribution is 2.30. The van der Waals surface area contributed by atoms with Gasteiger partial charge in [-0.3, -0.25) is 0 Å². The van der Waals surface area contributed by atoms with E-state index in [4.69, 9.17) is 0 Å². The van der Waals surface area contributed by atoms with E-state index in [0.717, 1.165) is 42.2 Å². The quantitative estimate of drug-likeness (QED) is 0.421. The van der Waals surface area contributed by atoms with Gasteiger partial charge in [0.15, 0.2) is 11.6 Å². The smallest absolute Gasteiger partial charge is 0.166 e. The van der Waals surface area contributed by atoms with Crippen LogP contribution < -0.4 is 0 Å². The van der Waals surface area contributed by atoms with Gasteiger partial charge in [-0.1, -0.05) is 63.1 Å². The molecule has 0 amide bonds. The van der Waals surface area contributed by atoms with E-state index in [1.165, 1.54) is 5.56 Å². The Kier molecular flexibility index (Phi) is 5.47. The van der Waals surface area contributed by atoms with Crippen molar-refractivity contribution in [3.8, 4) is 11.1 Å². The second-order valence-corrected chi connectivity index (χ2v) is 6.61. The maximum absolute atomic E-state index is 14.6. The van der Waals surface area contributed by atoms with Gasteiger partial charge in [-0.15, -0.1) is 0 Å². The van der Waals surface area contributed by atoms with E-state index in [9.17, 15) is 8.78 Å². The van der Waals surface area contributed by atoms with Crippen LogP contribution in [0.3, 0.4) is 0 Å². The monoisotopic (exact) mass is 338 g/mol. The van der Waals surface area contributed by atoms with Gasteiger partial charge in [0.1, 0.15) is 0 Å². The zero-order valence-electron chi connectivity index (χ0n) is 14.9. The van der Waals surface area contributed by atoms with Crippen LogP contribution in [0.2, 0.25) is 0 Å². The minimum absolute atomic E-state index is 0.355. The van der Waals surface area contributed by atoms with E-state index in [0.29, 0.717) is 17.4 Å². The van der Waals surface area contributed by atoms with Crippen molar-refractivity contribution in [2.24, 2.45) is 0 Å². The van der Waals surface area contributed by atoms with Crippen molar-refractivity contribution in [2.75, 3.05) is 0 Å². The van der Waals surface area contributed by atoms with Crippen molar-refractivity contribution >= 4 is 10.8 Å². The van der Waals surface area contributed by atoms with E-state index in [1.54, 1.807) is 12.1 Å². The van der Waals surface area contributed by atoms with E-state index < -0.39 is 11.6 Å². The molecule has 3 aromatic rings. The Bertz CT molecular complexity index is 863. The van der Waals surface area contributed by atoms with E-state index >= 15 is 0 Å². The lowest BCUT2D eigenvalue weighted by Crippen LogP contribution is -1.97. The molecular weight excluding hydrogens is 314 g/mol. The topological polar surface area (TPSA) is 0 Å². The molecule has 0 bridgehead atoms. The van der Waals surface area contributed by atoms with Gasteiger partial charge >= 0.3 is 0 Å². The fourth-order valence-electron chi connectivity index (χ4n) is 3.24. The van der Waals surface area contributed by atoms with Crippen LogP contribution in [0, 0.1) is 11.6 Å². The number of benzene rings is 3. The summed E-state index contributed by atoms with van der Waals surface area (Å²) >= 11 is 0. The first-order chi connectivity index (χ1) is 12.1. The molecule has 0 atom stereocenters. The predicted octanol–water partition coefficient (Wildman–Crippen LogP) is 7.08. The summed E-state index contributed by atoms with van der Waals surface area (Å²) in [7, 11) is 0. The molecule has 0 aliphatic carbocycles. The second kappa shape index (κ2) is 7.77. The van der Waals surface area contributed by atoms with Crippen molar-refractivity contribution < 1.29 is 8.78 Å². The highest BCUT2D eigenvalue weighted by atomic mass is 19.2. The van der Waals surface area contributed by atoms with Crippen LogP contribution in [0.25, 0.3) is 21.9 Å². The maximum Gasteiger partial charge on any atom is 0.166 e. The summed E-state index contributed by atoms with van der Waals surface area (Å²) in [6.07, 6.45) is 4.56. The standard InChI is InChI=1S/C23H24F2/c1-3-5-6-7-20-14-19-13-12-18(15-21(19)23(25)22(20)24)17-10-8-16(4-2)9-11-17/h8-15H,3-7H2,1-2H3. The molecule has 0 aliphatic rings. The van der Waals surface area contributed by atoms with Crippen LogP contribution in [0.5, 0.6) is 0 Å². The third-order valence-electron chi connectivity index (χ3n) is 4.84. The summed E-state index contributed by atoms with van der Waals surface area (Å²) in [5.41, 5.74) is 3.68. The molecule has 0 fully saturated rings. The molecule has 3 rings (SSSR count). The zero-order chi connectivity index (χ0) is 17.8. The van der Waals surface area contributed by atoms with Gasteiger partial charge in [-0.2, -0.15) is 0 Å². The fraction of sp³-hybridized carbons (Fsp3) is 0.304. The Morgan fingerprint density at radius 2 is 1.48 bits per heavy atom. The number of hydrogen-bond acceptors (Lipinski definition) is 0. The highest BCUT2D eigenvalue weighted by Gasteiger charge is 2.14. The van der Waals surface area contributed by atoms with Crippen molar-refractivity contribution in [1.29, 1.82) is 0 Å². The molecule has 0 N–H and O–H groups in total. The van der Waals surface area contributed by atoms with E-state index in [1.807, 2.05) is 24.3 Å². The molecular formula is C23H24F2. The van der Waals surface area contributed by atoms with Crippen molar-refractivity contribution in [1.82, 2.24) is 0 Å². The first-order valence-corrected chi connectivity index (χ1v) is 9.14. The van der Waals surface area contributed by atoms with Crippen LogP contribution in [0.4, 0.5) is 8.78 Å². The third-order valence-corrected chi connectivity index (χ3v) is 4.84. The normalized spacial score (nSPS) is 11.2. The molecule has 0 spiro atoms. The Hall–Kier alpha value is -2.22. The Labute approximate surface area is 148 Å². The van der Waals surface area contributed by atoms with Crippen LogP contribution in [0.1, 0.15) is 44.2 Å². The Morgan fingerprint density at radius 1 is 0.760 bits per heavy atom. The van der Waals surface area contributed by atoms with Crippen molar-refractivity contribution in [3.63, 3.8) is 0 Å². The minimum atomic E-state index is -0.726. The molecule has 25 heavy (non-hydrogen) atoms. The molecule has 3 aromatic carbocycles. The summed E-state index contributed by atoms with van der Waals surface area (Å²) in [5, 5.41) is 1.12. The number of fused-ring (bicyclic) bond motifs is 1. The number of aryl methyl sites for hydroxylation is 2. The van der Waals surface area contributed by atoms with Gasteiger partial charge < -0.3 is 0 Å². The second-order valence-electron chi connectivity index (χ2n) is 6.61. The number of halogens is 2. The number of hydrogen-bond donors (Lipinski definition) is 0. The summed E-state index contributed by atoms with van der Waals surface area (Å²) in [4.78, 5) is 0. The fourth-order valence-corrected chi connectivity index (χ4v) is 3.24.